The van der Waals surface area contributed by atoms with E-state index in [0.29, 0.717) is 0 Å². The molecule has 0 N–H and O–H groups in total. The van der Waals surface area contributed by atoms with E-state index in [1.807, 2.05) is 6.92 Å². The number of rotatable bonds is 0. The summed E-state index contributed by atoms with van der Waals surface area (Å²) < 4.78 is 2.17. The molecule has 0 unspecified atom stereocenters. The van der Waals surface area contributed by atoms with E-state index in [0.717, 1.165) is 11.3 Å². The lowest BCUT2D eigenvalue weighted by Crippen LogP contribution is -1.94. The van der Waals surface area contributed by atoms with Crippen molar-refractivity contribution in [3.05, 3.63) is 28.6 Å². The van der Waals surface area contributed by atoms with Crippen LogP contribution in [0, 0.1) is 27.7 Å². The Morgan fingerprint density at radius 2 is 1.71 bits per heavy atom. The fraction of sp³-hybridized carbons (Fsp3) is 0.417. The molecule has 0 bridgehead atoms. The van der Waals surface area contributed by atoms with Crippen LogP contribution in [-0.2, 0) is 7.05 Å². The van der Waals surface area contributed by atoms with Gasteiger partial charge in [0.2, 0.25) is 0 Å². The second-order valence-electron chi connectivity index (χ2n) is 4.05. The summed E-state index contributed by atoms with van der Waals surface area (Å²) in [7, 11) is 2.08. The van der Waals surface area contributed by atoms with E-state index in [1.165, 1.54) is 22.2 Å². The molecule has 1 aromatic heterocycles. The van der Waals surface area contributed by atoms with Gasteiger partial charge in [-0.25, -0.2) is 4.98 Å². The van der Waals surface area contributed by atoms with E-state index < -0.39 is 0 Å². The zero-order chi connectivity index (χ0) is 10.5. The summed E-state index contributed by atoms with van der Waals surface area (Å²) in [5.41, 5.74) is 6.38. The Morgan fingerprint density at radius 1 is 1.07 bits per heavy atom. The van der Waals surface area contributed by atoms with Gasteiger partial charge in [-0.15, -0.1) is 0 Å². The van der Waals surface area contributed by atoms with Gasteiger partial charge in [0.25, 0.3) is 0 Å². The van der Waals surface area contributed by atoms with Crippen LogP contribution in [0.3, 0.4) is 0 Å². The van der Waals surface area contributed by atoms with Crippen molar-refractivity contribution in [2.45, 2.75) is 27.7 Å². The maximum Gasteiger partial charge on any atom is 0.106 e. The lowest BCUT2D eigenvalue weighted by molar-refractivity contribution is 0.882. The van der Waals surface area contributed by atoms with Crippen molar-refractivity contribution in [2.75, 3.05) is 0 Å². The first-order valence-electron chi connectivity index (χ1n) is 4.92. The van der Waals surface area contributed by atoms with Gasteiger partial charge in [0.05, 0.1) is 11.0 Å². The number of benzene rings is 1. The molecule has 2 heteroatoms. The van der Waals surface area contributed by atoms with Crippen LogP contribution in [0.15, 0.2) is 6.07 Å². The molecule has 2 nitrogen and oxygen atoms in total. The molecule has 0 fully saturated rings. The third-order valence-corrected chi connectivity index (χ3v) is 3.07. The van der Waals surface area contributed by atoms with Gasteiger partial charge in [0.1, 0.15) is 5.82 Å². The Labute approximate surface area is 84.6 Å². The largest absolute Gasteiger partial charge is 0.331 e. The second-order valence-corrected chi connectivity index (χ2v) is 4.05. The number of nitrogens with zero attached hydrogens (tertiary/aromatic N) is 2. The van der Waals surface area contributed by atoms with E-state index in [-0.39, 0.29) is 0 Å². The Morgan fingerprint density at radius 3 is 2.36 bits per heavy atom. The van der Waals surface area contributed by atoms with Crippen molar-refractivity contribution in [3.8, 4) is 0 Å². The van der Waals surface area contributed by atoms with Gasteiger partial charge >= 0.3 is 0 Å². The SMILES string of the molecule is Cc1cc(C)c2nc(C)n(C)c2c1C. The Kier molecular flexibility index (Phi) is 1.88. The molecular weight excluding hydrogens is 172 g/mol. The number of hydrogen-bond donors (Lipinski definition) is 0. The smallest absolute Gasteiger partial charge is 0.106 e. The van der Waals surface area contributed by atoms with Crippen LogP contribution in [0.25, 0.3) is 11.0 Å². The lowest BCUT2D eigenvalue weighted by Gasteiger charge is -2.06. The zero-order valence-corrected chi connectivity index (χ0v) is 9.47. The lowest BCUT2D eigenvalue weighted by atomic mass is 10.0. The molecule has 0 saturated carbocycles. The third kappa shape index (κ3) is 1.07. The molecule has 1 heterocycles. The second kappa shape index (κ2) is 2.84. The average Bonchev–Trinajstić information content (AvgIpc) is 2.41. The number of aryl methyl sites for hydroxylation is 5. The van der Waals surface area contributed by atoms with Crippen molar-refractivity contribution in [1.82, 2.24) is 9.55 Å². The van der Waals surface area contributed by atoms with Gasteiger partial charge in [-0.1, -0.05) is 6.07 Å². The van der Waals surface area contributed by atoms with Gasteiger partial charge in [0, 0.05) is 7.05 Å². The van der Waals surface area contributed by atoms with Crippen molar-refractivity contribution in [3.63, 3.8) is 0 Å². The van der Waals surface area contributed by atoms with Crippen LogP contribution in [0.4, 0.5) is 0 Å². The minimum atomic E-state index is 1.08. The number of aromatic nitrogens is 2. The number of fused-ring (bicyclic) bond motifs is 1. The molecule has 0 amide bonds. The molecule has 0 atom stereocenters. The van der Waals surface area contributed by atoms with Gasteiger partial charge in [-0.3, -0.25) is 0 Å². The molecule has 0 aliphatic heterocycles. The zero-order valence-electron chi connectivity index (χ0n) is 9.47. The summed E-state index contributed by atoms with van der Waals surface area (Å²) >= 11 is 0. The highest BCUT2D eigenvalue weighted by Gasteiger charge is 2.10. The summed E-state index contributed by atoms with van der Waals surface area (Å²) in [6, 6.07) is 2.21. The van der Waals surface area contributed by atoms with Crippen LogP contribution in [-0.4, -0.2) is 9.55 Å². The number of imidazole rings is 1. The topological polar surface area (TPSA) is 17.8 Å². The molecule has 2 rings (SSSR count). The van der Waals surface area contributed by atoms with E-state index >= 15 is 0 Å². The molecule has 2 aromatic rings. The fourth-order valence-electron chi connectivity index (χ4n) is 2.00. The summed E-state index contributed by atoms with van der Waals surface area (Å²) in [4.78, 5) is 4.58. The van der Waals surface area contributed by atoms with Crippen LogP contribution < -0.4 is 0 Å². The highest BCUT2D eigenvalue weighted by Crippen LogP contribution is 2.24. The van der Waals surface area contributed by atoms with Crippen molar-refractivity contribution >= 4 is 11.0 Å². The van der Waals surface area contributed by atoms with Gasteiger partial charge in [-0.2, -0.15) is 0 Å². The first-order chi connectivity index (χ1) is 6.52. The fourth-order valence-corrected chi connectivity index (χ4v) is 2.00. The molecule has 0 aliphatic rings. The standard InChI is InChI=1S/C12H16N2/c1-7-6-8(2)11-12(9(7)3)14(5)10(4)13-11/h6H,1-5H3. The van der Waals surface area contributed by atoms with Crippen LogP contribution >= 0.6 is 0 Å². The Balaban J connectivity index is 3.03. The van der Waals surface area contributed by atoms with Crippen molar-refractivity contribution in [2.24, 2.45) is 7.05 Å². The summed E-state index contributed by atoms with van der Waals surface area (Å²) in [5.74, 6) is 1.08. The van der Waals surface area contributed by atoms with Crippen molar-refractivity contribution in [1.29, 1.82) is 0 Å². The Bertz CT molecular complexity index is 507. The average molecular weight is 188 g/mol. The quantitative estimate of drug-likeness (QED) is 0.621. The van der Waals surface area contributed by atoms with Crippen LogP contribution in [0.5, 0.6) is 0 Å². The Hall–Kier alpha value is -1.31. The molecular formula is C12H16N2. The molecule has 0 aliphatic carbocycles. The monoisotopic (exact) mass is 188 g/mol. The van der Waals surface area contributed by atoms with E-state index in [9.17, 15) is 0 Å². The van der Waals surface area contributed by atoms with Crippen LogP contribution in [0.2, 0.25) is 0 Å². The molecule has 0 saturated heterocycles. The maximum absolute atomic E-state index is 4.58. The van der Waals surface area contributed by atoms with Gasteiger partial charge in [-0.05, 0) is 44.4 Å². The summed E-state index contributed by atoms with van der Waals surface area (Å²) in [6.07, 6.45) is 0. The number of hydrogen-bond acceptors (Lipinski definition) is 1. The predicted molar refractivity (Wildman–Crippen MR) is 59.7 cm³/mol. The highest BCUT2D eigenvalue weighted by molar-refractivity contribution is 5.83. The summed E-state index contributed by atoms with van der Waals surface area (Å²) in [5, 5.41) is 0. The first-order valence-corrected chi connectivity index (χ1v) is 4.92. The maximum atomic E-state index is 4.58. The van der Waals surface area contributed by atoms with Gasteiger partial charge in [0.15, 0.2) is 0 Å². The third-order valence-electron chi connectivity index (χ3n) is 3.07. The molecule has 0 spiro atoms. The van der Waals surface area contributed by atoms with E-state index in [4.69, 9.17) is 0 Å². The predicted octanol–water partition coefficient (Wildman–Crippen LogP) is 2.81. The normalized spacial score (nSPS) is 11.2. The van der Waals surface area contributed by atoms with Gasteiger partial charge < -0.3 is 4.57 Å². The van der Waals surface area contributed by atoms with Crippen molar-refractivity contribution < 1.29 is 0 Å². The highest BCUT2D eigenvalue weighted by atomic mass is 15.1. The van der Waals surface area contributed by atoms with Crippen LogP contribution in [0.1, 0.15) is 22.5 Å². The molecule has 14 heavy (non-hydrogen) atoms. The minimum absolute atomic E-state index is 1.08. The van der Waals surface area contributed by atoms with E-state index in [2.05, 4.69) is 43.4 Å². The first kappa shape index (κ1) is 9.25. The molecule has 0 radical (unpaired) electrons. The van der Waals surface area contributed by atoms with E-state index in [1.54, 1.807) is 0 Å². The minimum Gasteiger partial charge on any atom is -0.331 e. The molecule has 1 aromatic carbocycles. The summed E-state index contributed by atoms with van der Waals surface area (Å²) in [6.45, 7) is 8.50. The molecule has 74 valence electrons.